The molecule has 0 bridgehead atoms. The first-order valence-corrected chi connectivity index (χ1v) is 7.69. The van der Waals surface area contributed by atoms with Crippen LogP contribution in [0.1, 0.15) is 34.6 Å². The summed E-state index contributed by atoms with van der Waals surface area (Å²) in [5.41, 5.74) is -0.656. The van der Waals surface area contributed by atoms with E-state index in [1.54, 1.807) is 20.8 Å². The largest absolute Gasteiger partial charge is 0.451 e. The lowest BCUT2D eigenvalue weighted by atomic mass is 10.2. The van der Waals surface area contributed by atoms with Crippen molar-refractivity contribution in [1.82, 2.24) is 10.6 Å². The van der Waals surface area contributed by atoms with E-state index < -0.39 is 35.7 Å². The van der Waals surface area contributed by atoms with Gasteiger partial charge in [-0.1, -0.05) is 5.92 Å². The van der Waals surface area contributed by atoms with Crippen molar-refractivity contribution in [2.45, 2.75) is 52.3 Å². The van der Waals surface area contributed by atoms with Gasteiger partial charge >= 0.3 is 12.1 Å². The number of nitrogens with one attached hydrogen (secondary N) is 2. The molecule has 0 heterocycles. The molecule has 0 aromatic rings. The van der Waals surface area contributed by atoms with Crippen molar-refractivity contribution >= 4 is 40.6 Å². The third-order valence-electron chi connectivity index (χ3n) is 2.19. The van der Waals surface area contributed by atoms with Crippen molar-refractivity contribution in [2.24, 2.45) is 0 Å². The standard InChI is InChI=1S/C14H21IN2O5/c1-9(17-13(20)22-14(3,4)5)11(18)16-10(2)12(19)21-8-6-7-15/h9-10H,8H2,1-5H3,(H,16,18)(H,17,20)/t9-,10-/m1/s1. The van der Waals surface area contributed by atoms with Gasteiger partial charge in [-0.05, 0) is 38.5 Å². The minimum absolute atomic E-state index is 0.0340. The molecule has 0 unspecified atom stereocenters. The monoisotopic (exact) mass is 424 g/mol. The van der Waals surface area contributed by atoms with Gasteiger partial charge in [0.25, 0.3) is 0 Å². The Balaban J connectivity index is 4.31. The molecule has 0 aliphatic carbocycles. The zero-order valence-electron chi connectivity index (χ0n) is 13.3. The third-order valence-corrected chi connectivity index (χ3v) is 2.57. The van der Waals surface area contributed by atoms with Gasteiger partial charge in [-0.2, -0.15) is 0 Å². The fourth-order valence-electron chi connectivity index (χ4n) is 1.21. The Morgan fingerprint density at radius 2 is 1.73 bits per heavy atom. The zero-order valence-corrected chi connectivity index (χ0v) is 15.4. The van der Waals surface area contributed by atoms with Crippen molar-refractivity contribution < 1.29 is 23.9 Å². The summed E-state index contributed by atoms with van der Waals surface area (Å²) >= 11 is 1.83. The van der Waals surface area contributed by atoms with E-state index in [9.17, 15) is 14.4 Å². The van der Waals surface area contributed by atoms with Gasteiger partial charge in [0.2, 0.25) is 5.91 Å². The normalized spacial score (nSPS) is 13.0. The summed E-state index contributed by atoms with van der Waals surface area (Å²) in [5, 5.41) is 4.82. The molecule has 2 amide bonds. The van der Waals surface area contributed by atoms with Crippen LogP contribution in [0.25, 0.3) is 0 Å². The van der Waals surface area contributed by atoms with Crippen LogP contribution >= 0.6 is 22.6 Å². The molecule has 0 fully saturated rings. The van der Waals surface area contributed by atoms with E-state index in [-0.39, 0.29) is 6.61 Å². The van der Waals surface area contributed by atoms with Crippen LogP contribution in [0.2, 0.25) is 0 Å². The molecule has 0 aliphatic rings. The van der Waals surface area contributed by atoms with Crippen molar-refractivity contribution in [2.75, 3.05) is 6.61 Å². The Morgan fingerprint density at radius 3 is 2.23 bits per heavy atom. The number of carbonyl (C=O) groups is 3. The predicted octanol–water partition coefficient (Wildman–Crippen LogP) is 1.34. The quantitative estimate of drug-likeness (QED) is 0.395. The molecule has 7 nitrogen and oxygen atoms in total. The zero-order chi connectivity index (χ0) is 17.3. The van der Waals surface area contributed by atoms with Crippen LogP contribution in [-0.2, 0) is 19.1 Å². The SMILES string of the molecule is C[C@@H](NC(=O)OC(C)(C)C)C(=O)N[C@H](C)C(=O)OCC#CI. The number of halogens is 1. The highest BCUT2D eigenvalue weighted by atomic mass is 127. The summed E-state index contributed by atoms with van der Waals surface area (Å²) in [5.74, 6) is 1.45. The minimum Gasteiger partial charge on any atom is -0.451 e. The Kier molecular flexibility index (Phi) is 8.86. The maximum Gasteiger partial charge on any atom is 0.408 e. The molecule has 0 saturated heterocycles. The van der Waals surface area contributed by atoms with Crippen molar-refractivity contribution in [3.63, 3.8) is 0 Å². The maximum absolute atomic E-state index is 11.9. The van der Waals surface area contributed by atoms with E-state index >= 15 is 0 Å². The van der Waals surface area contributed by atoms with Crippen LogP contribution in [0.15, 0.2) is 0 Å². The Morgan fingerprint density at radius 1 is 1.14 bits per heavy atom. The lowest BCUT2D eigenvalue weighted by molar-refractivity contribution is -0.146. The fourth-order valence-corrected chi connectivity index (χ4v) is 1.36. The van der Waals surface area contributed by atoms with Gasteiger partial charge in [-0.25, -0.2) is 9.59 Å². The van der Waals surface area contributed by atoms with Gasteiger partial charge in [0.05, 0.1) is 0 Å². The van der Waals surface area contributed by atoms with Crippen LogP contribution in [0.4, 0.5) is 4.79 Å². The molecule has 0 aromatic heterocycles. The van der Waals surface area contributed by atoms with Gasteiger partial charge in [0.1, 0.15) is 17.7 Å². The van der Waals surface area contributed by atoms with E-state index in [1.807, 2.05) is 22.6 Å². The van der Waals surface area contributed by atoms with Gasteiger partial charge in [-0.3, -0.25) is 4.79 Å². The summed E-state index contributed by atoms with van der Waals surface area (Å²) in [6.45, 7) is 8.08. The number of esters is 1. The van der Waals surface area contributed by atoms with Crippen LogP contribution < -0.4 is 10.6 Å². The van der Waals surface area contributed by atoms with Gasteiger partial charge in [0.15, 0.2) is 6.61 Å². The minimum atomic E-state index is -0.848. The number of hydrogen-bond acceptors (Lipinski definition) is 5. The first-order chi connectivity index (χ1) is 10.1. The van der Waals surface area contributed by atoms with Crippen molar-refractivity contribution in [1.29, 1.82) is 0 Å². The van der Waals surface area contributed by atoms with Crippen LogP contribution in [0, 0.1) is 9.85 Å². The molecular formula is C14H21IN2O5. The summed E-state index contributed by atoms with van der Waals surface area (Å²) in [6, 6.07) is -1.69. The molecule has 2 atom stereocenters. The molecule has 8 heteroatoms. The molecular weight excluding hydrogens is 403 g/mol. The number of carbonyl (C=O) groups excluding carboxylic acids is 3. The molecule has 0 saturated carbocycles. The first-order valence-electron chi connectivity index (χ1n) is 6.62. The van der Waals surface area contributed by atoms with Gasteiger partial charge in [-0.15, -0.1) is 0 Å². The van der Waals surface area contributed by atoms with E-state index in [0.29, 0.717) is 0 Å². The molecule has 0 spiro atoms. The highest BCUT2D eigenvalue weighted by Crippen LogP contribution is 2.06. The summed E-state index contributed by atoms with van der Waals surface area (Å²) in [4.78, 5) is 35.0. The Bertz CT molecular complexity index is 476. The topological polar surface area (TPSA) is 93.7 Å². The van der Waals surface area contributed by atoms with E-state index in [0.717, 1.165) is 0 Å². The average molecular weight is 424 g/mol. The second-order valence-electron chi connectivity index (χ2n) is 5.48. The predicted molar refractivity (Wildman–Crippen MR) is 89.2 cm³/mol. The molecule has 22 heavy (non-hydrogen) atoms. The second-order valence-corrected chi connectivity index (χ2v) is 6.02. The molecule has 124 valence electrons. The average Bonchev–Trinajstić information content (AvgIpc) is 2.36. The molecule has 0 aliphatic heterocycles. The number of ether oxygens (including phenoxy) is 2. The Labute approximate surface area is 144 Å². The third kappa shape index (κ3) is 9.44. The number of hydrogen-bond donors (Lipinski definition) is 2. The molecule has 0 rings (SSSR count). The van der Waals surface area contributed by atoms with E-state index in [2.05, 4.69) is 20.5 Å². The number of rotatable bonds is 5. The van der Waals surface area contributed by atoms with Crippen LogP contribution in [0.5, 0.6) is 0 Å². The van der Waals surface area contributed by atoms with Gasteiger partial charge < -0.3 is 20.1 Å². The lowest BCUT2D eigenvalue weighted by Crippen LogP contribution is -2.50. The smallest absolute Gasteiger partial charge is 0.408 e. The van der Waals surface area contributed by atoms with E-state index in [1.165, 1.54) is 13.8 Å². The molecule has 0 radical (unpaired) electrons. The number of alkyl carbamates (subject to hydrolysis) is 1. The second kappa shape index (κ2) is 9.50. The van der Waals surface area contributed by atoms with Gasteiger partial charge in [0, 0.05) is 22.6 Å². The van der Waals surface area contributed by atoms with Crippen molar-refractivity contribution in [3.8, 4) is 9.85 Å². The summed E-state index contributed by atoms with van der Waals surface area (Å²) in [6.07, 6.45) is -0.706. The molecule has 0 aromatic carbocycles. The van der Waals surface area contributed by atoms with E-state index in [4.69, 9.17) is 9.47 Å². The highest BCUT2D eigenvalue weighted by Gasteiger charge is 2.24. The fraction of sp³-hybridized carbons (Fsp3) is 0.643. The first kappa shape index (κ1) is 20.5. The lowest BCUT2D eigenvalue weighted by Gasteiger charge is -2.22. The van der Waals surface area contributed by atoms with Crippen molar-refractivity contribution in [3.05, 3.63) is 0 Å². The summed E-state index contributed by atoms with van der Waals surface area (Å²) < 4.78 is 12.4. The Hall–Kier alpha value is -1.50. The number of amides is 2. The highest BCUT2D eigenvalue weighted by molar-refractivity contribution is 14.1. The molecule has 2 N–H and O–H groups in total. The maximum atomic E-state index is 11.9. The van der Waals surface area contributed by atoms with Crippen LogP contribution in [0.3, 0.4) is 0 Å². The van der Waals surface area contributed by atoms with Crippen LogP contribution in [-0.4, -0.2) is 42.3 Å². The summed E-state index contributed by atoms with van der Waals surface area (Å²) in [7, 11) is 0.